The topological polar surface area (TPSA) is 78.1 Å². The Labute approximate surface area is 233 Å². The lowest BCUT2D eigenvalue weighted by Gasteiger charge is -2.28. The van der Waals surface area contributed by atoms with E-state index in [-0.39, 0.29) is 23.9 Å². The van der Waals surface area contributed by atoms with Crippen molar-refractivity contribution in [3.8, 4) is 6.07 Å². The quantitative estimate of drug-likeness (QED) is 0.280. The molecule has 5 nitrogen and oxygen atoms in total. The zero-order chi connectivity index (χ0) is 26.7. The van der Waals surface area contributed by atoms with Crippen LogP contribution in [0, 0.1) is 31.1 Å². The van der Waals surface area contributed by atoms with Crippen molar-refractivity contribution in [3.05, 3.63) is 73.0 Å². The van der Waals surface area contributed by atoms with Gasteiger partial charge in [-0.05, 0) is 87.3 Å². The van der Waals surface area contributed by atoms with Crippen molar-refractivity contribution in [3.63, 3.8) is 0 Å². The molecule has 2 N–H and O–H groups in total. The summed E-state index contributed by atoms with van der Waals surface area (Å²) in [5.74, 6) is 1.75. The van der Waals surface area contributed by atoms with Crippen LogP contribution in [-0.2, 0) is 24.1 Å². The molecule has 1 amide bonds. The van der Waals surface area contributed by atoms with Crippen LogP contribution in [0.25, 0.3) is 0 Å². The molecule has 1 aromatic carbocycles. The smallest absolute Gasteiger partial charge is 0.228 e. The first-order chi connectivity index (χ1) is 17.7. The second-order valence-corrected chi connectivity index (χ2v) is 11.8. The van der Waals surface area contributed by atoms with Gasteiger partial charge in [-0.25, -0.2) is 0 Å². The van der Waals surface area contributed by atoms with Crippen molar-refractivity contribution in [2.75, 3.05) is 5.32 Å². The van der Waals surface area contributed by atoms with E-state index in [9.17, 15) is 10.1 Å². The van der Waals surface area contributed by atoms with Crippen LogP contribution < -0.4 is 10.6 Å². The number of furan rings is 1. The van der Waals surface area contributed by atoms with E-state index in [2.05, 4.69) is 22.8 Å². The molecule has 0 aliphatic heterocycles. The predicted molar refractivity (Wildman–Crippen MR) is 152 cm³/mol. The SMILES string of the molecule is CCC(CC)C(=O)Nc1sc2c(c1C#N)CCC(NC(Cc1ccc(Cl)cc1Cl)c1cc(C)c(C)o1)C2. The van der Waals surface area contributed by atoms with Gasteiger partial charge < -0.3 is 15.1 Å². The molecule has 0 spiro atoms. The Hall–Kier alpha value is -2.30. The van der Waals surface area contributed by atoms with E-state index in [1.807, 2.05) is 39.8 Å². The molecule has 1 aliphatic carbocycles. The first kappa shape index (κ1) is 27.7. The van der Waals surface area contributed by atoms with E-state index in [0.717, 1.165) is 65.2 Å². The van der Waals surface area contributed by atoms with Gasteiger partial charge in [0.25, 0.3) is 0 Å². The van der Waals surface area contributed by atoms with E-state index in [1.54, 1.807) is 17.4 Å². The fraction of sp³-hybridized carbons (Fsp3) is 0.448. The molecule has 37 heavy (non-hydrogen) atoms. The molecule has 2 unspecified atom stereocenters. The Balaban J connectivity index is 1.56. The maximum atomic E-state index is 12.7. The van der Waals surface area contributed by atoms with Gasteiger partial charge >= 0.3 is 0 Å². The van der Waals surface area contributed by atoms with Gasteiger partial charge in [0.15, 0.2) is 0 Å². The Morgan fingerprint density at radius 3 is 2.62 bits per heavy atom. The highest BCUT2D eigenvalue weighted by Gasteiger charge is 2.30. The lowest BCUT2D eigenvalue weighted by atomic mass is 9.91. The van der Waals surface area contributed by atoms with E-state index in [1.165, 1.54) is 0 Å². The van der Waals surface area contributed by atoms with Crippen molar-refractivity contribution >= 4 is 45.4 Å². The fourth-order valence-electron chi connectivity index (χ4n) is 5.01. The Morgan fingerprint density at radius 1 is 1.24 bits per heavy atom. The third kappa shape index (κ3) is 6.23. The maximum absolute atomic E-state index is 12.7. The number of hydrogen-bond acceptors (Lipinski definition) is 5. The number of benzene rings is 1. The second kappa shape index (κ2) is 12.0. The summed E-state index contributed by atoms with van der Waals surface area (Å²) in [6.07, 6.45) is 4.70. The van der Waals surface area contributed by atoms with Gasteiger partial charge in [-0.1, -0.05) is 43.1 Å². The van der Waals surface area contributed by atoms with E-state index in [4.69, 9.17) is 27.6 Å². The molecule has 0 saturated heterocycles. The number of fused-ring (bicyclic) bond motifs is 1. The molecule has 0 saturated carbocycles. The lowest BCUT2D eigenvalue weighted by Crippen LogP contribution is -2.37. The first-order valence-electron chi connectivity index (χ1n) is 12.9. The summed E-state index contributed by atoms with van der Waals surface area (Å²) in [5.41, 5.74) is 3.82. The Bertz CT molecular complexity index is 1300. The van der Waals surface area contributed by atoms with Crippen LogP contribution in [0.2, 0.25) is 10.0 Å². The molecular weight excluding hydrogens is 525 g/mol. The number of thiophene rings is 1. The van der Waals surface area contributed by atoms with Gasteiger partial charge in [0.1, 0.15) is 22.6 Å². The molecule has 4 rings (SSSR count). The van der Waals surface area contributed by atoms with E-state index < -0.39 is 0 Å². The summed E-state index contributed by atoms with van der Waals surface area (Å²) in [7, 11) is 0. The molecule has 196 valence electrons. The number of halogens is 2. The Kier molecular flexibility index (Phi) is 9.03. The standard InChI is InChI=1S/C29H33Cl2N3O2S/c1-5-18(6-2)28(35)34-29-23(15-32)22-10-9-21(14-27(22)37-29)33-25(26-11-16(3)17(4)36-26)12-19-7-8-20(30)13-24(19)31/h7-8,11,13,18,21,25,33H,5-6,9-10,12,14H2,1-4H3,(H,34,35). The van der Waals surface area contributed by atoms with Gasteiger partial charge in [-0.3, -0.25) is 4.79 Å². The summed E-state index contributed by atoms with van der Waals surface area (Å²) in [5, 5.41) is 18.7. The van der Waals surface area contributed by atoms with E-state index >= 15 is 0 Å². The minimum atomic E-state index is -0.0675. The highest BCUT2D eigenvalue weighted by Crippen LogP contribution is 2.39. The molecule has 0 bridgehead atoms. The van der Waals surface area contributed by atoms with Crippen LogP contribution in [-0.4, -0.2) is 11.9 Å². The molecule has 3 aromatic rings. The number of rotatable bonds is 9. The second-order valence-electron chi connectivity index (χ2n) is 9.81. The zero-order valence-corrected chi connectivity index (χ0v) is 24.0. The molecular formula is C29H33Cl2N3O2S. The van der Waals surface area contributed by atoms with E-state index in [0.29, 0.717) is 27.0 Å². The van der Waals surface area contributed by atoms with Gasteiger partial charge in [0, 0.05) is 26.9 Å². The number of nitrogens with one attached hydrogen (secondary N) is 2. The Morgan fingerprint density at radius 2 is 2.00 bits per heavy atom. The molecule has 1 aliphatic rings. The summed E-state index contributed by atoms with van der Waals surface area (Å²) in [6.45, 7) is 8.06. The summed E-state index contributed by atoms with van der Waals surface area (Å²) in [4.78, 5) is 13.9. The fourth-order valence-corrected chi connectivity index (χ4v) is 6.78. The number of carbonyl (C=O) groups is 1. The molecule has 2 atom stereocenters. The zero-order valence-electron chi connectivity index (χ0n) is 21.7. The minimum absolute atomic E-state index is 0.00163. The lowest BCUT2D eigenvalue weighted by molar-refractivity contribution is -0.120. The van der Waals surface area contributed by atoms with Crippen molar-refractivity contribution < 1.29 is 9.21 Å². The van der Waals surface area contributed by atoms with Crippen molar-refractivity contribution in [1.82, 2.24) is 5.32 Å². The van der Waals surface area contributed by atoms with Crippen molar-refractivity contribution in [1.29, 1.82) is 5.26 Å². The normalized spacial score (nSPS) is 15.9. The molecule has 2 aromatic heterocycles. The van der Waals surface area contributed by atoms with Crippen LogP contribution in [0.4, 0.5) is 5.00 Å². The van der Waals surface area contributed by atoms with Crippen molar-refractivity contribution in [2.24, 2.45) is 5.92 Å². The number of aryl methyl sites for hydroxylation is 2. The number of anilines is 1. The average Bonchev–Trinajstić information content (AvgIpc) is 3.38. The molecule has 8 heteroatoms. The van der Waals surface area contributed by atoms with Gasteiger partial charge in [0.2, 0.25) is 5.91 Å². The number of amides is 1. The molecule has 2 heterocycles. The average molecular weight is 559 g/mol. The minimum Gasteiger partial charge on any atom is -0.464 e. The largest absolute Gasteiger partial charge is 0.464 e. The van der Waals surface area contributed by atoms with Crippen LogP contribution in [0.15, 0.2) is 28.7 Å². The van der Waals surface area contributed by atoms with Gasteiger partial charge in [-0.15, -0.1) is 11.3 Å². The number of nitriles is 1. The number of carbonyl (C=O) groups excluding carboxylic acids is 1. The highest BCUT2D eigenvalue weighted by molar-refractivity contribution is 7.16. The van der Waals surface area contributed by atoms with Crippen LogP contribution in [0.5, 0.6) is 0 Å². The third-order valence-electron chi connectivity index (χ3n) is 7.37. The maximum Gasteiger partial charge on any atom is 0.228 e. The van der Waals surface area contributed by atoms with Crippen LogP contribution in [0.1, 0.15) is 77.8 Å². The first-order valence-corrected chi connectivity index (χ1v) is 14.4. The summed E-state index contributed by atoms with van der Waals surface area (Å²) in [6, 6.07) is 10.2. The molecule has 0 radical (unpaired) electrons. The highest BCUT2D eigenvalue weighted by atomic mass is 35.5. The van der Waals surface area contributed by atoms with Gasteiger partial charge in [-0.2, -0.15) is 5.26 Å². The number of nitrogens with zero attached hydrogens (tertiary/aromatic N) is 1. The summed E-state index contributed by atoms with van der Waals surface area (Å²) >= 11 is 14.2. The predicted octanol–water partition coefficient (Wildman–Crippen LogP) is 7.94. The molecule has 0 fully saturated rings. The monoisotopic (exact) mass is 557 g/mol. The number of hydrogen-bond donors (Lipinski definition) is 2. The van der Waals surface area contributed by atoms with Gasteiger partial charge in [0.05, 0.1) is 11.6 Å². The van der Waals surface area contributed by atoms with Crippen molar-refractivity contribution in [2.45, 2.75) is 78.3 Å². The van der Waals surface area contributed by atoms with Crippen LogP contribution in [0.3, 0.4) is 0 Å². The summed E-state index contributed by atoms with van der Waals surface area (Å²) < 4.78 is 6.13. The van der Waals surface area contributed by atoms with Crippen LogP contribution >= 0.6 is 34.5 Å². The third-order valence-corrected chi connectivity index (χ3v) is 9.13.